The molecular weight excluding hydrogens is 1330 g/mol. The summed E-state index contributed by atoms with van der Waals surface area (Å²) in [6, 6.07) is 0. The van der Waals surface area contributed by atoms with Crippen molar-refractivity contribution in [2.75, 3.05) is 39.6 Å². The van der Waals surface area contributed by atoms with Crippen LogP contribution in [0.5, 0.6) is 0 Å². The molecule has 0 fully saturated rings. The van der Waals surface area contributed by atoms with E-state index in [2.05, 4.69) is 186 Å². The Balaban J connectivity index is 5.50. The van der Waals surface area contributed by atoms with Gasteiger partial charge in [0.15, 0.2) is 12.2 Å². The average Bonchev–Trinajstić information content (AvgIpc) is 0.926. The van der Waals surface area contributed by atoms with Crippen LogP contribution >= 0.6 is 15.6 Å². The molecule has 0 saturated carbocycles. The van der Waals surface area contributed by atoms with Gasteiger partial charge in [-0.3, -0.25) is 37.3 Å². The number of allylic oxidation sites excluding steroid dienone is 29. The zero-order chi connectivity index (χ0) is 74.6. The zero-order valence-corrected chi connectivity index (χ0v) is 64.5. The number of carbonyl (C=O) groups excluding carboxylic acids is 4. The third kappa shape index (κ3) is 72.5. The Bertz CT molecular complexity index is 2650. The van der Waals surface area contributed by atoms with Crippen LogP contribution < -0.4 is 0 Å². The number of ether oxygens (including phenoxy) is 4. The summed E-state index contributed by atoms with van der Waals surface area (Å²) in [4.78, 5) is 72.8. The molecule has 0 aliphatic carbocycles. The third-order valence-corrected chi connectivity index (χ3v) is 16.8. The summed E-state index contributed by atoms with van der Waals surface area (Å²) in [5, 5.41) is 10.6. The predicted octanol–water partition coefficient (Wildman–Crippen LogP) is 22.0. The lowest BCUT2D eigenvalue weighted by Crippen LogP contribution is -2.30. The zero-order valence-electron chi connectivity index (χ0n) is 62.7. The van der Waals surface area contributed by atoms with Gasteiger partial charge in [-0.25, -0.2) is 9.13 Å². The first-order valence-electron chi connectivity index (χ1n) is 38.0. The lowest BCUT2D eigenvalue weighted by atomic mass is 10.1. The molecule has 0 aromatic heterocycles. The van der Waals surface area contributed by atoms with E-state index in [1.54, 1.807) is 6.08 Å². The van der Waals surface area contributed by atoms with E-state index in [0.717, 1.165) is 173 Å². The number of esters is 4. The van der Waals surface area contributed by atoms with Gasteiger partial charge in [0, 0.05) is 19.3 Å². The van der Waals surface area contributed by atoms with Crippen LogP contribution in [0, 0.1) is 0 Å². The van der Waals surface area contributed by atoms with E-state index in [0.29, 0.717) is 32.1 Å². The average molecular weight is 1460 g/mol. The highest BCUT2D eigenvalue weighted by atomic mass is 31.2. The minimum Gasteiger partial charge on any atom is -0.462 e. The second kappa shape index (κ2) is 73.5. The Hall–Kier alpha value is -5.84. The lowest BCUT2D eigenvalue weighted by Gasteiger charge is -2.21. The van der Waals surface area contributed by atoms with Crippen LogP contribution in [-0.4, -0.2) is 96.7 Å². The van der Waals surface area contributed by atoms with Gasteiger partial charge in [-0.15, -0.1) is 0 Å². The van der Waals surface area contributed by atoms with E-state index >= 15 is 0 Å². The molecule has 0 aliphatic rings. The molecule has 0 aliphatic heterocycles. The molecule has 3 N–H and O–H groups in total. The summed E-state index contributed by atoms with van der Waals surface area (Å²) in [6.45, 7) is 4.19. The molecule has 102 heavy (non-hydrogen) atoms. The molecule has 0 rings (SSSR count). The van der Waals surface area contributed by atoms with Gasteiger partial charge < -0.3 is 33.8 Å². The lowest BCUT2D eigenvalue weighted by molar-refractivity contribution is -0.161. The van der Waals surface area contributed by atoms with E-state index < -0.39 is 97.5 Å². The van der Waals surface area contributed by atoms with Crippen molar-refractivity contribution in [2.45, 2.75) is 277 Å². The quantitative estimate of drug-likeness (QED) is 0.0169. The first-order chi connectivity index (χ1) is 49.7. The standard InChI is InChI=1S/C83H132O17P2/c1-5-9-13-17-21-25-29-33-37-38-42-44-48-52-56-60-64-68-81(86)94-74-79(100-83(88)70-66-62-58-54-50-46-41-36-32-28-24-20-16-12-8-4)76-98-102(91,92)96-72-77(84)71-95-101(89,90)97-75-78(99-82(87)69-65-61-57-53-49-45-40-35-31-27-23-19-15-11-7-3)73-93-80(85)67-63-59-55-51-47-43-39-34-30-26-22-18-14-10-6-2/h9-16,21-28,33-37,39-41,47,50-51,54,59,63,77-79,84H,5-8,17-20,29-32,38,42-46,48-49,52-53,55-58,60-62,64-76H2,1-4H3,(H,89,90)(H,91,92)/b13-9-,14-10-,15-11-,16-12-,25-21-,26-22-,27-23-,28-24-,37-33-,39-34-,40-35-,41-36-,51-47-,54-50-,63-59-. The Morgan fingerprint density at radius 1 is 0.284 bits per heavy atom. The summed E-state index contributed by atoms with van der Waals surface area (Å²) < 4.78 is 68.3. The largest absolute Gasteiger partial charge is 0.472 e. The molecular formula is C83H132O17P2. The van der Waals surface area contributed by atoms with Gasteiger partial charge in [-0.1, -0.05) is 261 Å². The maximum Gasteiger partial charge on any atom is 0.472 e. The SMILES string of the molecule is CC/C=C\C/C=C\C/C=C\C/C=C\C/C=C\CC(=O)OCC(COP(=O)(O)OCC(O)COP(=O)(O)OCC(COC(=O)CCCCCCCCC/C=C\C/C=C\C/C=C\CC)OC(=O)CCCC/C=C\C/C=C\C/C=C\C/C=C\CC)OC(=O)CCCCCCC/C=C\C/C=C\C/C=C\CC. The van der Waals surface area contributed by atoms with E-state index in [9.17, 15) is 43.2 Å². The predicted molar refractivity (Wildman–Crippen MR) is 417 cm³/mol. The second-order valence-electron chi connectivity index (χ2n) is 24.4. The normalized spacial score (nSPS) is 14.9. The second-order valence-corrected chi connectivity index (χ2v) is 27.3. The van der Waals surface area contributed by atoms with Crippen LogP contribution in [0.15, 0.2) is 182 Å². The number of hydrogen-bond donors (Lipinski definition) is 3. The first kappa shape index (κ1) is 96.2. The van der Waals surface area contributed by atoms with Crippen molar-refractivity contribution in [1.82, 2.24) is 0 Å². The van der Waals surface area contributed by atoms with Gasteiger partial charge in [0.05, 0.1) is 32.8 Å². The van der Waals surface area contributed by atoms with Crippen molar-refractivity contribution in [3.63, 3.8) is 0 Å². The van der Waals surface area contributed by atoms with E-state index in [1.165, 1.54) is 0 Å². The fourth-order valence-electron chi connectivity index (χ4n) is 9.25. The van der Waals surface area contributed by atoms with Crippen molar-refractivity contribution in [3.8, 4) is 0 Å². The number of aliphatic hydroxyl groups excluding tert-OH is 1. The van der Waals surface area contributed by atoms with Crippen LogP contribution in [-0.2, 0) is 65.4 Å². The smallest absolute Gasteiger partial charge is 0.462 e. The number of aliphatic hydroxyl groups is 1. The first-order valence-corrected chi connectivity index (χ1v) is 41.0. The minimum atomic E-state index is -5.01. The monoisotopic (exact) mass is 1460 g/mol. The molecule has 0 aromatic rings. The van der Waals surface area contributed by atoms with Gasteiger partial charge in [-0.05, 0) is 154 Å². The molecule has 0 amide bonds. The molecule has 17 nitrogen and oxygen atoms in total. The Labute approximate surface area is 615 Å². The molecule has 0 radical (unpaired) electrons. The van der Waals surface area contributed by atoms with Crippen molar-refractivity contribution in [2.24, 2.45) is 0 Å². The van der Waals surface area contributed by atoms with E-state index in [4.69, 9.17) is 37.0 Å². The number of unbranched alkanes of at least 4 members (excludes halogenated alkanes) is 14. The van der Waals surface area contributed by atoms with Gasteiger partial charge in [0.2, 0.25) is 0 Å². The minimum absolute atomic E-state index is 0.0311. The molecule has 0 saturated heterocycles. The van der Waals surface area contributed by atoms with Crippen LogP contribution in [0.4, 0.5) is 0 Å². The van der Waals surface area contributed by atoms with Crippen molar-refractivity contribution in [1.29, 1.82) is 0 Å². The van der Waals surface area contributed by atoms with Crippen molar-refractivity contribution in [3.05, 3.63) is 182 Å². The maximum absolute atomic E-state index is 13.1. The molecule has 576 valence electrons. The number of hydrogen-bond acceptors (Lipinski definition) is 15. The van der Waals surface area contributed by atoms with Gasteiger partial charge >= 0.3 is 39.5 Å². The molecule has 0 heterocycles. The summed E-state index contributed by atoms with van der Waals surface area (Å²) >= 11 is 0. The fraction of sp³-hybridized carbons (Fsp3) is 0.590. The van der Waals surface area contributed by atoms with Gasteiger partial charge in [-0.2, -0.15) is 0 Å². The highest BCUT2D eigenvalue weighted by Gasteiger charge is 2.30. The van der Waals surface area contributed by atoms with E-state index in [1.807, 2.05) is 18.2 Å². The van der Waals surface area contributed by atoms with Gasteiger partial charge in [0.1, 0.15) is 19.3 Å². The fourth-order valence-corrected chi connectivity index (χ4v) is 10.8. The molecule has 5 atom stereocenters. The Morgan fingerprint density at radius 2 is 0.520 bits per heavy atom. The highest BCUT2D eigenvalue weighted by molar-refractivity contribution is 7.47. The maximum atomic E-state index is 13.1. The molecule has 19 heteroatoms. The number of phosphoric ester groups is 2. The van der Waals surface area contributed by atoms with Gasteiger partial charge in [0.25, 0.3) is 0 Å². The number of phosphoric acid groups is 2. The van der Waals surface area contributed by atoms with Crippen LogP contribution in [0.3, 0.4) is 0 Å². The molecule has 0 aromatic carbocycles. The van der Waals surface area contributed by atoms with Crippen LogP contribution in [0.25, 0.3) is 0 Å². The number of rotatable bonds is 69. The summed E-state index contributed by atoms with van der Waals surface area (Å²) in [5.74, 6) is -2.42. The topological polar surface area (TPSA) is 237 Å². The summed E-state index contributed by atoms with van der Waals surface area (Å²) in [6.07, 6.45) is 87.8. The Morgan fingerprint density at radius 3 is 0.843 bits per heavy atom. The summed E-state index contributed by atoms with van der Waals surface area (Å²) in [7, 11) is -10.0. The summed E-state index contributed by atoms with van der Waals surface area (Å²) in [5.41, 5.74) is 0. The van der Waals surface area contributed by atoms with E-state index in [-0.39, 0.29) is 25.7 Å². The molecule has 5 unspecified atom stereocenters. The number of carbonyl (C=O) groups is 4. The van der Waals surface area contributed by atoms with Crippen molar-refractivity contribution >= 4 is 39.5 Å². The third-order valence-electron chi connectivity index (χ3n) is 14.9. The van der Waals surface area contributed by atoms with Crippen molar-refractivity contribution < 1.29 is 80.2 Å². The van der Waals surface area contributed by atoms with Crippen LogP contribution in [0.1, 0.15) is 259 Å². The van der Waals surface area contributed by atoms with Crippen LogP contribution in [0.2, 0.25) is 0 Å². The highest BCUT2D eigenvalue weighted by Crippen LogP contribution is 2.45. The molecule has 0 bridgehead atoms. The molecule has 0 spiro atoms. The Kier molecular flexibility index (Phi) is 69.3.